The minimum atomic E-state index is -3.66. The SMILES string of the molecule is O=C1CCc2cc(S(=O)(=O)NCC(c3ccco3)N3CCCCC3)ccc2N1. The molecule has 2 aliphatic heterocycles. The molecular weight excluding hydrogens is 378 g/mol. The molecule has 0 aliphatic carbocycles. The van der Waals surface area contributed by atoms with E-state index < -0.39 is 10.0 Å². The van der Waals surface area contributed by atoms with E-state index in [1.165, 1.54) is 12.5 Å². The zero-order valence-electron chi connectivity index (χ0n) is 15.7. The standard InChI is InChI=1S/C20H25N3O4S/c24-20-9-6-15-13-16(7-8-17(15)22-20)28(25,26)21-14-18(19-5-4-12-27-19)23-10-2-1-3-11-23/h4-5,7-8,12-13,18,21H,1-3,6,9-11,14H2,(H,22,24). The van der Waals surface area contributed by atoms with E-state index in [2.05, 4.69) is 14.9 Å². The number of hydrogen-bond acceptors (Lipinski definition) is 5. The number of anilines is 1. The van der Waals surface area contributed by atoms with Crippen LogP contribution in [-0.4, -0.2) is 38.9 Å². The van der Waals surface area contributed by atoms with Gasteiger partial charge in [-0.25, -0.2) is 13.1 Å². The monoisotopic (exact) mass is 403 g/mol. The Morgan fingerprint density at radius 3 is 2.71 bits per heavy atom. The van der Waals surface area contributed by atoms with Crippen LogP contribution in [0, 0.1) is 0 Å². The molecule has 2 aliphatic rings. The summed E-state index contributed by atoms with van der Waals surface area (Å²) < 4.78 is 34.1. The molecule has 1 saturated heterocycles. The van der Waals surface area contributed by atoms with Gasteiger partial charge in [-0.05, 0) is 68.2 Å². The van der Waals surface area contributed by atoms with Crippen molar-refractivity contribution < 1.29 is 17.6 Å². The van der Waals surface area contributed by atoms with Crippen molar-refractivity contribution in [2.24, 2.45) is 0 Å². The van der Waals surface area contributed by atoms with Crippen LogP contribution in [0.4, 0.5) is 5.69 Å². The number of rotatable bonds is 6. The maximum absolute atomic E-state index is 12.9. The number of nitrogens with one attached hydrogen (secondary N) is 2. The topological polar surface area (TPSA) is 91.6 Å². The predicted molar refractivity (Wildman–Crippen MR) is 105 cm³/mol. The quantitative estimate of drug-likeness (QED) is 0.774. The first kappa shape index (κ1) is 19.2. The average molecular weight is 404 g/mol. The Hall–Kier alpha value is -2.16. The van der Waals surface area contributed by atoms with Gasteiger partial charge in [-0.3, -0.25) is 9.69 Å². The lowest BCUT2D eigenvalue weighted by Gasteiger charge is -2.33. The number of fused-ring (bicyclic) bond motifs is 1. The van der Waals surface area contributed by atoms with E-state index in [0.717, 1.165) is 37.3 Å². The van der Waals surface area contributed by atoms with E-state index in [1.54, 1.807) is 18.4 Å². The average Bonchev–Trinajstić information content (AvgIpc) is 3.23. The lowest BCUT2D eigenvalue weighted by molar-refractivity contribution is -0.116. The lowest BCUT2D eigenvalue weighted by atomic mass is 10.0. The van der Waals surface area contributed by atoms with Crippen LogP contribution in [0.15, 0.2) is 45.9 Å². The molecule has 0 saturated carbocycles. The van der Waals surface area contributed by atoms with Gasteiger partial charge in [-0.15, -0.1) is 0 Å². The molecule has 1 amide bonds. The zero-order chi connectivity index (χ0) is 19.6. The highest BCUT2D eigenvalue weighted by atomic mass is 32.2. The molecular formula is C20H25N3O4S. The Kier molecular flexibility index (Phi) is 5.52. The molecule has 28 heavy (non-hydrogen) atoms. The maximum Gasteiger partial charge on any atom is 0.240 e. The molecule has 0 spiro atoms. The molecule has 1 unspecified atom stereocenters. The van der Waals surface area contributed by atoms with Gasteiger partial charge in [-0.1, -0.05) is 6.42 Å². The molecule has 1 fully saturated rings. The molecule has 0 bridgehead atoms. The summed E-state index contributed by atoms with van der Waals surface area (Å²) >= 11 is 0. The number of hydrogen-bond donors (Lipinski definition) is 2. The van der Waals surface area contributed by atoms with E-state index in [9.17, 15) is 13.2 Å². The van der Waals surface area contributed by atoms with Crippen molar-refractivity contribution >= 4 is 21.6 Å². The highest BCUT2D eigenvalue weighted by Crippen LogP contribution is 2.27. The first-order valence-electron chi connectivity index (χ1n) is 9.73. The second-order valence-corrected chi connectivity index (χ2v) is 9.11. The molecule has 2 aromatic rings. The first-order chi connectivity index (χ1) is 13.5. The third kappa shape index (κ3) is 4.14. The van der Waals surface area contributed by atoms with Crippen molar-refractivity contribution in [3.05, 3.63) is 47.9 Å². The Bertz CT molecular complexity index is 934. The molecule has 1 aromatic carbocycles. The number of aryl methyl sites for hydroxylation is 1. The summed E-state index contributed by atoms with van der Waals surface area (Å²) in [7, 11) is -3.66. The molecule has 7 nitrogen and oxygen atoms in total. The van der Waals surface area contributed by atoms with Crippen molar-refractivity contribution in [1.29, 1.82) is 0 Å². The van der Waals surface area contributed by atoms with Crippen LogP contribution in [0.1, 0.15) is 43.0 Å². The van der Waals surface area contributed by atoms with Crippen LogP contribution >= 0.6 is 0 Å². The maximum atomic E-state index is 12.9. The van der Waals surface area contributed by atoms with Gasteiger partial charge in [0.1, 0.15) is 5.76 Å². The number of furan rings is 1. The fraction of sp³-hybridized carbons (Fsp3) is 0.450. The Balaban J connectivity index is 1.51. The smallest absolute Gasteiger partial charge is 0.240 e. The number of amides is 1. The summed E-state index contributed by atoms with van der Waals surface area (Å²) in [5.74, 6) is 0.738. The number of benzene rings is 1. The predicted octanol–water partition coefficient (Wildman–Crippen LogP) is 2.67. The molecule has 150 valence electrons. The van der Waals surface area contributed by atoms with E-state index >= 15 is 0 Å². The van der Waals surface area contributed by atoms with Gasteiger partial charge in [0.05, 0.1) is 17.2 Å². The highest BCUT2D eigenvalue weighted by Gasteiger charge is 2.27. The fourth-order valence-electron chi connectivity index (χ4n) is 3.92. The molecule has 8 heteroatoms. The largest absolute Gasteiger partial charge is 0.468 e. The molecule has 0 radical (unpaired) electrons. The number of nitrogens with zero attached hydrogens (tertiary/aromatic N) is 1. The highest BCUT2D eigenvalue weighted by molar-refractivity contribution is 7.89. The van der Waals surface area contributed by atoms with Crippen molar-refractivity contribution in [3.8, 4) is 0 Å². The van der Waals surface area contributed by atoms with E-state index in [-0.39, 0.29) is 23.4 Å². The van der Waals surface area contributed by atoms with E-state index in [1.807, 2.05) is 12.1 Å². The number of likely N-dealkylation sites (tertiary alicyclic amines) is 1. The molecule has 4 rings (SSSR count). The zero-order valence-corrected chi connectivity index (χ0v) is 16.5. The van der Waals surface area contributed by atoms with Crippen molar-refractivity contribution in [3.63, 3.8) is 0 Å². The summed E-state index contributed by atoms with van der Waals surface area (Å²) in [6.07, 6.45) is 5.98. The van der Waals surface area contributed by atoms with Gasteiger partial charge in [0.25, 0.3) is 0 Å². The Morgan fingerprint density at radius 2 is 1.96 bits per heavy atom. The van der Waals surface area contributed by atoms with Crippen molar-refractivity contribution in [2.75, 3.05) is 25.0 Å². The van der Waals surface area contributed by atoms with E-state index in [4.69, 9.17) is 4.42 Å². The number of sulfonamides is 1. The normalized spacial score (nSPS) is 19.1. The lowest BCUT2D eigenvalue weighted by Crippen LogP contribution is -2.40. The molecule has 3 heterocycles. The Morgan fingerprint density at radius 1 is 1.14 bits per heavy atom. The summed E-state index contributed by atoms with van der Waals surface area (Å²) in [6, 6.07) is 8.46. The summed E-state index contributed by atoms with van der Waals surface area (Å²) in [5, 5.41) is 2.78. The van der Waals surface area contributed by atoms with Gasteiger partial charge >= 0.3 is 0 Å². The van der Waals surface area contributed by atoms with Crippen molar-refractivity contribution in [2.45, 2.75) is 43.0 Å². The number of carbonyl (C=O) groups is 1. The molecule has 2 N–H and O–H groups in total. The number of piperidine rings is 1. The minimum absolute atomic E-state index is 0.0379. The van der Waals surface area contributed by atoms with E-state index in [0.29, 0.717) is 18.5 Å². The van der Waals surface area contributed by atoms with Gasteiger partial charge in [0.2, 0.25) is 15.9 Å². The van der Waals surface area contributed by atoms with Gasteiger partial charge in [0.15, 0.2) is 0 Å². The third-order valence-electron chi connectivity index (χ3n) is 5.45. The van der Waals surface area contributed by atoms with Crippen LogP contribution in [-0.2, 0) is 21.2 Å². The Labute approximate surface area is 165 Å². The molecule has 1 atom stereocenters. The second kappa shape index (κ2) is 8.06. The summed E-state index contributed by atoms with van der Waals surface area (Å²) in [5.41, 5.74) is 1.54. The van der Waals surface area contributed by atoms with Gasteiger partial charge in [0, 0.05) is 18.7 Å². The number of carbonyl (C=O) groups excluding carboxylic acids is 1. The third-order valence-corrected chi connectivity index (χ3v) is 6.87. The minimum Gasteiger partial charge on any atom is -0.468 e. The summed E-state index contributed by atoms with van der Waals surface area (Å²) in [4.78, 5) is 14.0. The van der Waals surface area contributed by atoms with Crippen LogP contribution in [0.3, 0.4) is 0 Å². The van der Waals surface area contributed by atoms with Gasteiger partial charge < -0.3 is 9.73 Å². The van der Waals surface area contributed by atoms with Crippen LogP contribution in [0.5, 0.6) is 0 Å². The van der Waals surface area contributed by atoms with Crippen LogP contribution in [0.25, 0.3) is 0 Å². The second-order valence-electron chi connectivity index (χ2n) is 7.35. The molecule has 1 aromatic heterocycles. The first-order valence-corrected chi connectivity index (χ1v) is 11.2. The van der Waals surface area contributed by atoms with Crippen molar-refractivity contribution in [1.82, 2.24) is 9.62 Å². The summed E-state index contributed by atoms with van der Waals surface area (Å²) in [6.45, 7) is 2.13. The van der Waals surface area contributed by atoms with Crippen LogP contribution < -0.4 is 10.0 Å². The van der Waals surface area contributed by atoms with Crippen LogP contribution in [0.2, 0.25) is 0 Å². The van der Waals surface area contributed by atoms with Gasteiger partial charge in [-0.2, -0.15) is 0 Å². The fourth-order valence-corrected chi connectivity index (χ4v) is 5.01.